The highest BCUT2D eigenvalue weighted by atomic mass is 32.2. The van der Waals surface area contributed by atoms with Crippen LogP contribution in [0.5, 0.6) is 0 Å². The van der Waals surface area contributed by atoms with Gasteiger partial charge in [0.25, 0.3) is 0 Å². The molecule has 4 nitrogen and oxygen atoms in total. The molecular formula is C25H28F6N2O2S. The van der Waals surface area contributed by atoms with Gasteiger partial charge < -0.3 is 5.11 Å². The maximum Gasteiger partial charge on any atom is 0.416 e. The first-order valence-corrected chi connectivity index (χ1v) is 12.7. The average molecular weight is 535 g/mol. The predicted octanol–water partition coefficient (Wildman–Crippen LogP) is 6.93. The monoisotopic (exact) mass is 534 g/mol. The first-order valence-electron chi connectivity index (χ1n) is 11.8. The molecule has 1 aromatic rings. The van der Waals surface area contributed by atoms with Crippen LogP contribution in [0.2, 0.25) is 0 Å². The molecule has 4 rings (SSSR count). The van der Waals surface area contributed by atoms with E-state index in [2.05, 4.69) is 4.99 Å². The summed E-state index contributed by atoms with van der Waals surface area (Å²) in [5.41, 5.74) is -2.75. The summed E-state index contributed by atoms with van der Waals surface area (Å²) in [6.45, 7) is 4.40. The molecule has 2 heterocycles. The SMILES string of the molecule is CC(C)(O)C[C@@H]1CC1C1=NC(=O)S/C1=C\C1CCN(Cc2ccc(C(F)(F)F)cc2C(F)(F)F)CC1. The molecule has 1 amide bonds. The van der Waals surface area contributed by atoms with Gasteiger partial charge >= 0.3 is 17.6 Å². The molecule has 0 aromatic heterocycles. The van der Waals surface area contributed by atoms with E-state index in [1.54, 1.807) is 13.8 Å². The fourth-order valence-electron chi connectivity index (χ4n) is 5.04. The third-order valence-electron chi connectivity index (χ3n) is 6.85. The molecule has 1 saturated heterocycles. The summed E-state index contributed by atoms with van der Waals surface area (Å²) in [4.78, 5) is 18.8. The Morgan fingerprint density at radius 3 is 2.36 bits per heavy atom. The van der Waals surface area contributed by atoms with Crippen LogP contribution in [0.25, 0.3) is 0 Å². The summed E-state index contributed by atoms with van der Waals surface area (Å²) in [7, 11) is 0. The zero-order chi connectivity index (χ0) is 26.5. The number of hydrogen-bond donors (Lipinski definition) is 1. The average Bonchev–Trinajstić information content (AvgIpc) is 3.38. The lowest BCUT2D eigenvalue weighted by Gasteiger charge is -2.31. The molecule has 11 heteroatoms. The number of aliphatic imine (C=N–C) groups is 1. The minimum absolute atomic E-state index is 0.0864. The summed E-state index contributed by atoms with van der Waals surface area (Å²) >= 11 is 1.09. The van der Waals surface area contributed by atoms with Crippen molar-refractivity contribution in [1.29, 1.82) is 0 Å². The van der Waals surface area contributed by atoms with Gasteiger partial charge in [-0.2, -0.15) is 26.3 Å². The molecule has 1 aromatic carbocycles. The first-order chi connectivity index (χ1) is 16.6. The number of allylic oxidation sites excluding steroid dienone is 2. The van der Waals surface area contributed by atoms with Crippen molar-refractivity contribution < 1.29 is 36.2 Å². The largest absolute Gasteiger partial charge is 0.416 e. The number of thioether (sulfide) groups is 1. The Bertz CT molecular complexity index is 1070. The van der Waals surface area contributed by atoms with Gasteiger partial charge in [0.1, 0.15) is 0 Å². The minimum Gasteiger partial charge on any atom is -0.390 e. The maximum absolute atomic E-state index is 13.5. The van der Waals surface area contributed by atoms with Crippen LogP contribution >= 0.6 is 11.8 Å². The summed E-state index contributed by atoms with van der Waals surface area (Å²) < 4.78 is 79.2. The molecule has 1 aliphatic carbocycles. The summed E-state index contributed by atoms with van der Waals surface area (Å²) in [6.07, 6.45) is -4.87. The zero-order valence-corrected chi connectivity index (χ0v) is 20.7. The van der Waals surface area contributed by atoms with Gasteiger partial charge in [0.2, 0.25) is 0 Å². The lowest BCUT2D eigenvalue weighted by Crippen LogP contribution is -2.33. The number of carbonyl (C=O) groups is 1. The van der Waals surface area contributed by atoms with Crippen molar-refractivity contribution in [2.45, 2.75) is 64.0 Å². The van der Waals surface area contributed by atoms with Gasteiger partial charge in [0, 0.05) is 17.4 Å². The third kappa shape index (κ3) is 6.72. The number of carbonyl (C=O) groups excluding carboxylic acids is 1. The van der Waals surface area contributed by atoms with Crippen LogP contribution in [0, 0.1) is 17.8 Å². The van der Waals surface area contributed by atoms with Crippen molar-refractivity contribution in [3.8, 4) is 0 Å². The van der Waals surface area contributed by atoms with Crippen molar-refractivity contribution in [1.82, 2.24) is 4.90 Å². The molecule has 2 aliphatic heterocycles. The van der Waals surface area contributed by atoms with Gasteiger partial charge in [-0.1, -0.05) is 12.1 Å². The summed E-state index contributed by atoms with van der Waals surface area (Å²) in [5.74, 6) is 0.565. The number of rotatable bonds is 6. The molecular weight excluding hydrogens is 506 g/mol. The highest BCUT2D eigenvalue weighted by molar-refractivity contribution is 8.18. The molecule has 0 radical (unpaired) electrons. The summed E-state index contributed by atoms with van der Waals surface area (Å²) in [5, 5.41) is 9.81. The Morgan fingerprint density at radius 2 is 1.78 bits per heavy atom. The number of likely N-dealkylation sites (tertiary alicyclic amines) is 1. The van der Waals surface area contributed by atoms with E-state index in [9.17, 15) is 36.2 Å². The van der Waals surface area contributed by atoms with Gasteiger partial charge in [-0.3, -0.25) is 9.69 Å². The van der Waals surface area contributed by atoms with Crippen molar-refractivity contribution in [2.24, 2.45) is 22.7 Å². The van der Waals surface area contributed by atoms with Gasteiger partial charge in [-0.05, 0) is 93.9 Å². The Kier molecular flexibility index (Phi) is 7.40. The maximum atomic E-state index is 13.5. The molecule has 3 aliphatic rings. The highest BCUT2D eigenvalue weighted by Gasteiger charge is 2.46. The van der Waals surface area contributed by atoms with Crippen LogP contribution in [0.4, 0.5) is 31.1 Å². The van der Waals surface area contributed by atoms with E-state index >= 15 is 0 Å². The van der Waals surface area contributed by atoms with E-state index < -0.39 is 29.1 Å². The molecule has 36 heavy (non-hydrogen) atoms. The van der Waals surface area contributed by atoms with E-state index in [1.165, 1.54) is 0 Å². The normalized spacial score (nSPS) is 25.5. The number of piperidine rings is 1. The van der Waals surface area contributed by atoms with Crippen LogP contribution in [0.3, 0.4) is 0 Å². The Balaban J connectivity index is 1.38. The van der Waals surface area contributed by atoms with Gasteiger partial charge in [0.15, 0.2) is 0 Å². The second-order valence-electron chi connectivity index (χ2n) is 10.5. The molecule has 1 N–H and O–H groups in total. The Hall–Kier alpha value is -1.85. The lowest BCUT2D eigenvalue weighted by atomic mass is 9.94. The predicted molar refractivity (Wildman–Crippen MR) is 125 cm³/mol. The summed E-state index contributed by atoms with van der Waals surface area (Å²) in [6, 6.07) is 1.80. The third-order valence-corrected chi connectivity index (χ3v) is 7.68. The van der Waals surface area contributed by atoms with Crippen LogP contribution in [0.15, 0.2) is 34.2 Å². The van der Waals surface area contributed by atoms with Crippen molar-refractivity contribution >= 4 is 22.7 Å². The Labute approximate surface area is 209 Å². The van der Waals surface area contributed by atoms with Gasteiger partial charge in [0.05, 0.1) is 22.4 Å². The van der Waals surface area contributed by atoms with Crippen LogP contribution in [0.1, 0.15) is 56.2 Å². The van der Waals surface area contributed by atoms with Crippen LogP contribution in [-0.4, -0.2) is 39.6 Å². The van der Waals surface area contributed by atoms with Crippen LogP contribution < -0.4 is 0 Å². The number of aliphatic hydroxyl groups is 1. The van der Waals surface area contributed by atoms with E-state index in [1.807, 2.05) is 11.0 Å². The number of nitrogens with zero attached hydrogens (tertiary/aromatic N) is 2. The fourth-order valence-corrected chi connectivity index (χ4v) is 5.94. The first kappa shape index (κ1) is 27.2. The fraction of sp³-hybridized carbons (Fsp3) is 0.600. The van der Waals surface area contributed by atoms with E-state index in [0.717, 1.165) is 34.9 Å². The van der Waals surface area contributed by atoms with Gasteiger partial charge in [-0.25, -0.2) is 4.99 Å². The lowest BCUT2D eigenvalue weighted by molar-refractivity contribution is -0.143. The minimum atomic E-state index is -4.88. The second kappa shape index (κ2) is 9.79. The molecule has 0 bridgehead atoms. The second-order valence-corrected chi connectivity index (χ2v) is 11.5. The van der Waals surface area contributed by atoms with Crippen LogP contribution in [-0.2, 0) is 18.9 Å². The number of alkyl halides is 6. The van der Waals surface area contributed by atoms with Crippen molar-refractivity contribution in [3.05, 3.63) is 45.9 Å². The number of benzene rings is 1. The molecule has 2 fully saturated rings. The quantitative estimate of drug-likeness (QED) is 0.403. The van der Waals surface area contributed by atoms with E-state index in [4.69, 9.17) is 0 Å². The van der Waals surface area contributed by atoms with Crippen molar-refractivity contribution in [3.63, 3.8) is 0 Å². The van der Waals surface area contributed by atoms with Crippen molar-refractivity contribution in [2.75, 3.05) is 13.1 Å². The highest BCUT2D eigenvalue weighted by Crippen LogP contribution is 2.50. The molecule has 198 valence electrons. The molecule has 1 saturated carbocycles. The van der Waals surface area contributed by atoms with E-state index in [-0.39, 0.29) is 41.2 Å². The topological polar surface area (TPSA) is 52.9 Å². The molecule has 2 atom stereocenters. The van der Waals surface area contributed by atoms with E-state index in [0.29, 0.717) is 38.4 Å². The zero-order valence-electron chi connectivity index (χ0n) is 19.9. The number of halogens is 6. The standard InChI is InChI=1S/C25H28F6N2O2S/c1-23(2,35)12-16-10-18(16)21-20(36-22(34)32-21)9-14-5-7-33(8-6-14)13-15-3-4-17(24(26,27)28)11-19(15)25(29,30)31/h3-4,9,11,14,16,18,35H,5-8,10,12-13H2,1-2H3/b20-9-/t16-,18?/m0/s1. The number of hydrogen-bond acceptors (Lipinski definition) is 4. The smallest absolute Gasteiger partial charge is 0.390 e. The van der Waals surface area contributed by atoms with Gasteiger partial charge in [-0.15, -0.1) is 0 Å². The molecule has 0 spiro atoms. The Morgan fingerprint density at radius 1 is 1.11 bits per heavy atom. The molecule has 1 unspecified atom stereocenters. The number of amides is 1.